The Hall–Kier alpha value is -3.51. The van der Waals surface area contributed by atoms with Gasteiger partial charge >= 0.3 is 6.18 Å². The number of hydrogen-bond acceptors (Lipinski definition) is 5. The first kappa shape index (κ1) is 28.5. The van der Waals surface area contributed by atoms with Crippen molar-refractivity contribution in [2.24, 2.45) is 0 Å². The van der Waals surface area contributed by atoms with Gasteiger partial charge in [-0.2, -0.15) is 23.0 Å². The molecule has 0 aliphatic heterocycles. The quantitative estimate of drug-likeness (QED) is 0.215. The van der Waals surface area contributed by atoms with Crippen molar-refractivity contribution >= 4 is 32.3 Å². The zero-order valence-electron chi connectivity index (χ0n) is 22.4. The summed E-state index contributed by atoms with van der Waals surface area (Å²) < 4.78 is 61.0. The maximum atomic E-state index is 14.0. The Balaban J connectivity index is 1.98. The maximum absolute atomic E-state index is 14.0. The minimum absolute atomic E-state index is 0.0527. The summed E-state index contributed by atoms with van der Waals surface area (Å²) in [7, 11) is 7.48. The van der Waals surface area contributed by atoms with Gasteiger partial charge in [-0.15, -0.1) is 0 Å². The first-order chi connectivity index (χ1) is 18.3. The summed E-state index contributed by atoms with van der Waals surface area (Å²) in [4.78, 5) is 13.8. The summed E-state index contributed by atoms with van der Waals surface area (Å²) >= 11 is 0. The lowest BCUT2D eigenvalue weighted by Gasteiger charge is -2.18. The number of benzene rings is 2. The Bertz CT molecular complexity index is 1540. The number of rotatable bonds is 9. The molecule has 0 unspecified atom stereocenters. The third-order valence-corrected chi connectivity index (χ3v) is 7.92. The predicted molar refractivity (Wildman–Crippen MR) is 148 cm³/mol. The summed E-state index contributed by atoms with van der Waals surface area (Å²) in [6.07, 6.45) is -3.09. The molecule has 0 amide bonds. The number of fused-ring (bicyclic) bond motifs is 1. The van der Waals surface area contributed by atoms with Crippen molar-refractivity contribution in [3.8, 4) is 28.4 Å². The van der Waals surface area contributed by atoms with E-state index < -0.39 is 31.1 Å². The van der Waals surface area contributed by atoms with Crippen molar-refractivity contribution in [3.63, 3.8) is 0 Å². The van der Waals surface area contributed by atoms with Gasteiger partial charge < -0.3 is 18.8 Å². The largest absolute Gasteiger partial charge is 0.497 e. The fourth-order valence-electron chi connectivity index (χ4n) is 4.13. The van der Waals surface area contributed by atoms with Gasteiger partial charge in [-0.3, -0.25) is 4.79 Å². The third-order valence-electron chi connectivity index (χ3n) is 6.22. The SMILES string of the molecule is [B]c1ccc(C(F)(F)F)c(-n2nc(-c3cc(OC)cc(OC)c3)c3ccn(COCC[Si](C)(C)C)c3c2=O)c1. The molecule has 0 saturated carbocycles. The van der Waals surface area contributed by atoms with Gasteiger partial charge in [0.05, 0.1) is 25.5 Å². The molecule has 2 radical (unpaired) electrons. The van der Waals surface area contributed by atoms with Crippen molar-refractivity contribution in [1.29, 1.82) is 0 Å². The van der Waals surface area contributed by atoms with Gasteiger partial charge in [0.15, 0.2) is 0 Å². The van der Waals surface area contributed by atoms with Crippen LogP contribution in [0.5, 0.6) is 11.5 Å². The van der Waals surface area contributed by atoms with Crippen LogP contribution in [0.4, 0.5) is 13.2 Å². The second-order valence-corrected chi connectivity index (χ2v) is 16.0. The minimum atomic E-state index is -4.75. The number of nitrogens with zero attached hydrogens (tertiary/aromatic N) is 3. The Morgan fingerprint density at radius 1 is 1.00 bits per heavy atom. The third kappa shape index (κ3) is 6.22. The molecular formula is C27H29BF3N3O4Si. The molecule has 0 N–H and O–H groups in total. The van der Waals surface area contributed by atoms with E-state index >= 15 is 0 Å². The Labute approximate surface area is 226 Å². The normalized spacial score (nSPS) is 12.2. The van der Waals surface area contributed by atoms with E-state index in [0.717, 1.165) is 28.9 Å². The van der Waals surface area contributed by atoms with Gasteiger partial charge in [0.25, 0.3) is 5.56 Å². The van der Waals surface area contributed by atoms with Gasteiger partial charge in [0.1, 0.15) is 37.3 Å². The van der Waals surface area contributed by atoms with Crippen molar-refractivity contribution in [2.75, 3.05) is 20.8 Å². The maximum Gasteiger partial charge on any atom is 0.418 e. The monoisotopic (exact) mass is 555 g/mol. The van der Waals surface area contributed by atoms with Crippen LogP contribution in [0.2, 0.25) is 25.7 Å². The highest BCUT2D eigenvalue weighted by molar-refractivity contribution is 6.76. The highest BCUT2D eigenvalue weighted by Gasteiger charge is 2.35. The van der Waals surface area contributed by atoms with E-state index in [-0.39, 0.29) is 23.4 Å². The second-order valence-electron chi connectivity index (χ2n) is 10.3. The van der Waals surface area contributed by atoms with Gasteiger partial charge in [-0.1, -0.05) is 31.2 Å². The first-order valence-corrected chi connectivity index (χ1v) is 15.9. The summed E-state index contributed by atoms with van der Waals surface area (Å²) in [5.41, 5.74) is -1.30. The predicted octanol–water partition coefficient (Wildman–Crippen LogP) is 5.00. The molecule has 12 heteroatoms. The van der Waals surface area contributed by atoms with Crippen LogP contribution in [0.3, 0.4) is 0 Å². The number of alkyl halides is 3. The zero-order valence-corrected chi connectivity index (χ0v) is 23.4. The van der Waals surface area contributed by atoms with E-state index in [1.54, 1.807) is 35.0 Å². The fraction of sp³-hybridized carbons (Fsp3) is 0.333. The molecule has 0 aliphatic rings. The van der Waals surface area contributed by atoms with E-state index in [1.807, 2.05) is 0 Å². The van der Waals surface area contributed by atoms with Crippen LogP contribution in [0.1, 0.15) is 5.56 Å². The summed E-state index contributed by atoms with van der Waals surface area (Å²) in [6.45, 7) is 7.23. The van der Waals surface area contributed by atoms with Crippen LogP contribution in [0, 0.1) is 0 Å². The molecule has 4 aromatic rings. The van der Waals surface area contributed by atoms with E-state index in [4.69, 9.17) is 22.1 Å². The Kier molecular flexibility index (Phi) is 7.99. The highest BCUT2D eigenvalue weighted by atomic mass is 28.3. The molecule has 4 rings (SSSR count). The average molecular weight is 555 g/mol. The molecule has 0 spiro atoms. The van der Waals surface area contributed by atoms with Crippen LogP contribution < -0.4 is 20.5 Å². The number of halogens is 3. The number of hydrogen-bond donors (Lipinski definition) is 0. The molecule has 0 saturated heterocycles. The fourth-order valence-corrected chi connectivity index (χ4v) is 4.89. The zero-order chi connectivity index (χ0) is 28.5. The van der Waals surface area contributed by atoms with Crippen molar-refractivity contribution in [1.82, 2.24) is 14.3 Å². The van der Waals surface area contributed by atoms with Crippen molar-refractivity contribution < 1.29 is 27.4 Å². The van der Waals surface area contributed by atoms with Crippen molar-refractivity contribution in [2.45, 2.75) is 38.6 Å². The van der Waals surface area contributed by atoms with E-state index in [0.29, 0.717) is 29.1 Å². The molecule has 2 aromatic heterocycles. The molecule has 0 atom stereocenters. The van der Waals surface area contributed by atoms with Gasteiger partial charge in [-0.05, 0) is 36.4 Å². The highest BCUT2D eigenvalue weighted by Crippen LogP contribution is 2.35. The molecule has 204 valence electrons. The molecule has 2 heterocycles. The Morgan fingerprint density at radius 2 is 1.67 bits per heavy atom. The topological polar surface area (TPSA) is 67.5 Å². The first-order valence-electron chi connectivity index (χ1n) is 12.2. The van der Waals surface area contributed by atoms with E-state index in [1.165, 1.54) is 14.2 Å². The van der Waals surface area contributed by atoms with Gasteiger partial charge in [-0.25, -0.2) is 0 Å². The number of methoxy groups -OCH3 is 2. The molecule has 0 fully saturated rings. The van der Waals surface area contributed by atoms with Crippen LogP contribution >= 0.6 is 0 Å². The summed E-state index contributed by atoms with van der Waals surface area (Å²) in [5.74, 6) is 0.900. The molecular weight excluding hydrogens is 526 g/mol. The van der Waals surface area contributed by atoms with Gasteiger partial charge in [0.2, 0.25) is 0 Å². The van der Waals surface area contributed by atoms with Crippen LogP contribution in [0.15, 0.2) is 53.5 Å². The molecule has 7 nitrogen and oxygen atoms in total. The average Bonchev–Trinajstić information content (AvgIpc) is 3.29. The lowest BCUT2D eigenvalue weighted by molar-refractivity contribution is -0.137. The smallest absolute Gasteiger partial charge is 0.418 e. The minimum Gasteiger partial charge on any atom is -0.497 e. The molecule has 2 aromatic carbocycles. The van der Waals surface area contributed by atoms with E-state index in [2.05, 4.69) is 24.7 Å². The molecule has 39 heavy (non-hydrogen) atoms. The molecule has 0 aliphatic carbocycles. The van der Waals surface area contributed by atoms with Gasteiger partial charge in [0, 0.05) is 37.9 Å². The number of aromatic nitrogens is 3. The lowest BCUT2D eigenvalue weighted by atomic mass is 9.94. The van der Waals surface area contributed by atoms with Crippen LogP contribution in [-0.4, -0.2) is 51.1 Å². The van der Waals surface area contributed by atoms with Crippen molar-refractivity contribution in [3.05, 3.63) is 64.6 Å². The summed E-state index contributed by atoms with van der Waals surface area (Å²) in [5, 5.41) is 4.88. The van der Waals surface area contributed by atoms with Crippen LogP contribution in [0.25, 0.3) is 27.8 Å². The standard InChI is InChI=1S/C27H29BF3N3O4Si/c1-36-19-12-17(13-20(15-19)37-2)24-21-8-9-33(16-38-10-11-39(3,4)5)25(21)26(35)34(32-24)23-14-18(28)6-7-22(23)27(29,30)31/h6-9,12-15H,10-11,16H2,1-5H3. The molecule has 0 bridgehead atoms. The summed E-state index contributed by atoms with van der Waals surface area (Å²) in [6, 6.07) is 10.7. The second kappa shape index (κ2) is 10.9. The Morgan fingerprint density at radius 3 is 2.26 bits per heavy atom. The lowest BCUT2D eigenvalue weighted by Crippen LogP contribution is -2.28. The number of ether oxygens (including phenoxy) is 3. The van der Waals surface area contributed by atoms with E-state index in [9.17, 15) is 18.0 Å². The van der Waals surface area contributed by atoms with Crippen LogP contribution in [-0.2, 0) is 17.6 Å².